The molecule has 1 fully saturated rings. The van der Waals surface area contributed by atoms with E-state index in [0.717, 1.165) is 0 Å². The van der Waals surface area contributed by atoms with E-state index in [1.807, 2.05) is 33.8 Å². The van der Waals surface area contributed by atoms with Crippen LogP contribution >= 0.6 is 8.53 Å². The van der Waals surface area contributed by atoms with Gasteiger partial charge in [-0.3, -0.25) is 14.3 Å². The summed E-state index contributed by atoms with van der Waals surface area (Å²) in [5, 5.41) is 8.80. The van der Waals surface area contributed by atoms with Gasteiger partial charge in [0.05, 0.1) is 19.1 Å². The maximum absolute atomic E-state index is 11.8. The second-order valence-electron chi connectivity index (χ2n) is 6.81. The Morgan fingerprint density at radius 3 is 2.39 bits per heavy atom. The maximum Gasteiger partial charge on any atom is 0.307 e. The molecule has 1 aliphatic heterocycles. The molecule has 1 heterocycles. The molecule has 1 aliphatic rings. The molecule has 1 saturated heterocycles. The minimum atomic E-state index is -1.55. The van der Waals surface area contributed by atoms with E-state index >= 15 is 0 Å². The highest BCUT2D eigenvalue weighted by Gasteiger charge is 2.43. The van der Waals surface area contributed by atoms with Gasteiger partial charge in [-0.2, -0.15) is 5.26 Å². The van der Waals surface area contributed by atoms with Crippen molar-refractivity contribution in [3.63, 3.8) is 0 Å². The van der Waals surface area contributed by atoms with Crippen LogP contribution in [0.3, 0.4) is 0 Å². The molecule has 0 aromatic rings. The lowest BCUT2D eigenvalue weighted by atomic mass is 10.3. The lowest BCUT2D eigenvalue weighted by Gasteiger charge is -2.37. The van der Waals surface area contributed by atoms with E-state index in [2.05, 4.69) is 4.67 Å². The number of hydrogen-bond donors (Lipinski definition) is 0. The highest BCUT2D eigenvalue weighted by molar-refractivity contribution is 7.44. The monoisotopic (exact) mass is 418 g/mol. The molecule has 0 aromatic carbocycles. The van der Waals surface area contributed by atoms with Crippen molar-refractivity contribution in [2.75, 3.05) is 6.61 Å². The quantitative estimate of drug-likeness (QED) is 0.284. The first-order valence-electron chi connectivity index (χ1n) is 9.46. The number of nitriles is 1. The predicted molar refractivity (Wildman–Crippen MR) is 102 cm³/mol. The van der Waals surface area contributed by atoms with Gasteiger partial charge in [-0.25, -0.2) is 4.67 Å². The Balaban J connectivity index is 2.97. The Bertz CT molecular complexity index is 545. The van der Waals surface area contributed by atoms with E-state index in [4.69, 9.17) is 28.5 Å². The number of nitrogens with zero attached hydrogens (tertiary/aromatic N) is 2. The maximum atomic E-state index is 11.8. The van der Waals surface area contributed by atoms with Gasteiger partial charge < -0.3 is 18.5 Å². The number of carbonyl (C=O) groups excluding carboxylic acids is 2. The van der Waals surface area contributed by atoms with Gasteiger partial charge in [0.1, 0.15) is 6.10 Å². The van der Waals surface area contributed by atoms with Gasteiger partial charge >= 0.3 is 11.9 Å². The summed E-state index contributed by atoms with van der Waals surface area (Å²) in [5.41, 5.74) is 0. The molecule has 160 valence electrons. The first-order chi connectivity index (χ1) is 13.2. The van der Waals surface area contributed by atoms with Crippen molar-refractivity contribution in [3.8, 4) is 6.07 Å². The van der Waals surface area contributed by atoms with Crippen LogP contribution in [0.2, 0.25) is 0 Å². The molecule has 1 rings (SSSR count). The van der Waals surface area contributed by atoms with Crippen molar-refractivity contribution in [2.45, 2.75) is 91.6 Å². The van der Waals surface area contributed by atoms with E-state index in [1.165, 1.54) is 6.92 Å². The fourth-order valence-electron chi connectivity index (χ4n) is 2.67. The van der Waals surface area contributed by atoms with Gasteiger partial charge in [0.2, 0.25) is 12.6 Å². The van der Waals surface area contributed by atoms with Crippen LogP contribution in [0.5, 0.6) is 0 Å². The highest BCUT2D eigenvalue weighted by atomic mass is 31.2. The Morgan fingerprint density at radius 1 is 1.25 bits per heavy atom. The molecular formula is C18H31N2O7P. The zero-order valence-electron chi connectivity index (χ0n) is 17.4. The van der Waals surface area contributed by atoms with Crippen molar-refractivity contribution in [1.82, 2.24) is 4.67 Å². The minimum Gasteiger partial charge on any atom is -0.436 e. The third kappa shape index (κ3) is 7.98. The molecule has 4 unspecified atom stereocenters. The summed E-state index contributed by atoms with van der Waals surface area (Å²) >= 11 is 0. The molecule has 0 saturated carbocycles. The summed E-state index contributed by atoms with van der Waals surface area (Å²) < 4.78 is 30.1. The van der Waals surface area contributed by atoms with Gasteiger partial charge in [-0.15, -0.1) is 0 Å². The smallest absolute Gasteiger partial charge is 0.307 e. The minimum absolute atomic E-state index is 0.122. The van der Waals surface area contributed by atoms with E-state index in [9.17, 15) is 9.59 Å². The molecule has 28 heavy (non-hydrogen) atoms. The van der Waals surface area contributed by atoms with Crippen molar-refractivity contribution in [1.29, 1.82) is 5.26 Å². The van der Waals surface area contributed by atoms with Crippen LogP contribution < -0.4 is 0 Å². The van der Waals surface area contributed by atoms with Gasteiger partial charge in [0.15, 0.2) is 0 Å². The molecule has 4 atom stereocenters. The van der Waals surface area contributed by atoms with E-state index in [0.29, 0.717) is 0 Å². The van der Waals surface area contributed by atoms with Crippen molar-refractivity contribution < 1.29 is 32.8 Å². The van der Waals surface area contributed by atoms with Crippen LogP contribution in [0.25, 0.3) is 0 Å². The third-order valence-electron chi connectivity index (χ3n) is 3.74. The Kier molecular flexibility index (Phi) is 10.9. The van der Waals surface area contributed by atoms with E-state index in [1.54, 1.807) is 6.92 Å². The van der Waals surface area contributed by atoms with Crippen molar-refractivity contribution in [2.24, 2.45) is 0 Å². The zero-order valence-corrected chi connectivity index (χ0v) is 18.3. The summed E-state index contributed by atoms with van der Waals surface area (Å²) in [4.78, 5) is 23.0. The molecule has 0 aliphatic carbocycles. The van der Waals surface area contributed by atoms with Crippen molar-refractivity contribution >= 4 is 20.5 Å². The summed E-state index contributed by atoms with van der Waals surface area (Å²) in [5.74, 6) is -0.939. The molecule has 9 nitrogen and oxygen atoms in total. The number of ether oxygens (including phenoxy) is 3. The van der Waals surface area contributed by atoms with Crippen LogP contribution in [0.4, 0.5) is 0 Å². The van der Waals surface area contributed by atoms with Gasteiger partial charge in [0, 0.05) is 31.8 Å². The van der Waals surface area contributed by atoms with E-state index in [-0.39, 0.29) is 38.0 Å². The summed E-state index contributed by atoms with van der Waals surface area (Å²) in [6, 6.07) is 2.29. The first-order valence-corrected chi connectivity index (χ1v) is 10.6. The molecular weight excluding hydrogens is 387 g/mol. The predicted octanol–water partition coefficient (Wildman–Crippen LogP) is 3.24. The number of hydrogen-bond acceptors (Lipinski definition) is 9. The van der Waals surface area contributed by atoms with Crippen molar-refractivity contribution in [3.05, 3.63) is 0 Å². The molecule has 0 aromatic heterocycles. The lowest BCUT2D eigenvalue weighted by molar-refractivity contribution is -0.215. The third-order valence-corrected chi connectivity index (χ3v) is 5.89. The summed E-state index contributed by atoms with van der Waals surface area (Å²) in [6.07, 6.45) is -1.89. The van der Waals surface area contributed by atoms with Crippen LogP contribution in [-0.2, 0) is 32.8 Å². The fourth-order valence-corrected chi connectivity index (χ4v) is 4.40. The van der Waals surface area contributed by atoms with Crippen LogP contribution in [0.15, 0.2) is 0 Å². The van der Waals surface area contributed by atoms with Crippen LogP contribution in [0.1, 0.15) is 60.8 Å². The van der Waals surface area contributed by atoms with Crippen LogP contribution in [-0.4, -0.2) is 54.0 Å². The Hall–Kier alpha value is -1.30. The van der Waals surface area contributed by atoms with Gasteiger partial charge in [0.25, 0.3) is 8.53 Å². The average molecular weight is 418 g/mol. The second kappa shape index (κ2) is 12.3. The van der Waals surface area contributed by atoms with E-state index < -0.39 is 39.1 Å². The lowest BCUT2D eigenvalue weighted by Crippen LogP contribution is -2.36. The molecule has 0 spiro atoms. The highest BCUT2D eigenvalue weighted by Crippen LogP contribution is 2.49. The molecule has 0 bridgehead atoms. The zero-order chi connectivity index (χ0) is 21.3. The Labute approximate surface area is 168 Å². The topological polar surface area (TPSA) is 107 Å². The van der Waals surface area contributed by atoms with Crippen LogP contribution in [0, 0.1) is 11.3 Å². The number of esters is 2. The Morgan fingerprint density at radius 2 is 1.89 bits per heavy atom. The normalized spacial score (nSPS) is 23.1. The average Bonchev–Trinajstić information content (AvgIpc) is 2.94. The molecule has 0 amide bonds. The fraction of sp³-hybridized carbons (Fsp3) is 0.833. The summed E-state index contributed by atoms with van der Waals surface area (Å²) in [7, 11) is -1.55. The number of carbonyl (C=O) groups is 2. The first kappa shape index (κ1) is 24.7. The number of rotatable bonds is 11. The largest absolute Gasteiger partial charge is 0.436 e. The van der Waals surface area contributed by atoms with Gasteiger partial charge in [-0.05, 0) is 27.7 Å². The molecule has 0 radical (unpaired) electrons. The molecule has 10 heteroatoms. The standard InChI is InChI=1S/C18H31N2O7P/c1-7-16(22)25-18-15(11-17(26-18)24-14(6)21)27-28(23-10-8-9-19)20(12(2)3)13(4)5/h12-13,15,17-18H,7-8,10-11H2,1-6H3. The summed E-state index contributed by atoms with van der Waals surface area (Å²) in [6.45, 7) is 11.3. The SMILES string of the molecule is CCC(=O)OC1OC(OC(C)=O)CC1OP(OCCC#N)N(C(C)C)C(C)C. The van der Waals surface area contributed by atoms with Gasteiger partial charge in [-0.1, -0.05) is 6.92 Å². The second-order valence-corrected chi connectivity index (χ2v) is 8.22. The molecule has 0 N–H and O–H groups in total.